The van der Waals surface area contributed by atoms with E-state index in [9.17, 15) is 9.59 Å². The molecule has 0 fully saturated rings. The van der Waals surface area contributed by atoms with Gasteiger partial charge < -0.3 is 10.0 Å². The van der Waals surface area contributed by atoms with E-state index in [1.807, 2.05) is 0 Å². The lowest BCUT2D eigenvalue weighted by Gasteiger charge is -2.06. The fourth-order valence-corrected chi connectivity index (χ4v) is 0.838. The van der Waals surface area contributed by atoms with Crippen molar-refractivity contribution in [2.75, 3.05) is 0 Å². The zero-order valence-corrected chi connectivity index (χ0v) is 6.10. The Morgan fingerprint density at radius 1 is 1.33 bits per heavy atom. The molecule has 0 saturated carbocycles. The van der Waals surface area contributed by atoms with Crippen molar-refractivity contribution in [2.24, 2.45) is 0 Å². The standard InChI is InChI=1S/C6H5B2O4/c9-4-1-2-6(10)5(3-4)8(12)7-11/h1-3,11-12H. The summed E-state index contributed by atoms with van der Waals surface area (Å²) >= 11 is 0. The number of allylic oxidation sites excluding steroid dienone is 4. The van der Waals surface area contributed by atoms with Crippen LogP contribution in [0.15, 0.2) is 23.7 Å². The quantitative estimate of drug-likeness (QED) is 0.373. The second-order valence-electron chi connectivity index (χ2n) is 2.29. The lowest BCUT2D eigenvalue weighted by Crippen LogP contribution is -2.31. The van der Waals surface area contributed by atoms with Crippen molar-refractivity contribution in [3.63, 3.8) is 0 Å². The van der Waals surface area contributed by atoms with Crippen molar-refractivity contribution < 1.29 is 19.6 Å². The van der Waals surface area contributed by atoms with Gasteiger partial charge in [0.2, 0.25) is 0 Å². The van der Waals surface area contributed by atoms with Gasteiger partial charge in [-0.1, -0.05) is 0 Å². The first-order chi connectivity index (χ1) is 5.65. The maximum absolute atomic E-state index is 10.9. The van der Waals surface area contributed by atoms with Crippen LogP contribution in [0.5, 0.6) is 0 Å². The largest absolute Gasteiger partial charge is 0.460 e. The molecule has 0 heterocycles. The van der Waals surface area contributed by atoms with Crippen LogP contribution in [0.3, 0.4) is 0 Å². The van der Waals surface area contributed by atoms with E-state index in [0.717, 1.165) is 18.2 Å². The summed E-state index contributed by atoms with van der Waals surface area (Å²) in [6.07, 6.45) is 3.17. The van der Waals surface area contributed by atoms with Crippen LogP contribution in [0.1, 0.15) is 0 Å². The van der Waals surface area contributed by atoms with Crippen LogP contribution in [-0.4, -0.2) is 35.8 Å². The molecule has 2 N–H and O–H groups in total. The first kappa shape index (κ1) is 8.96. The average Bonchev–Trinajstić information content (AvgIpc) is 2.08. The summed E-state index contributed by atoms with van der Waals surface area (Å²) in [5, 5.41) is 17.4. The molecule has 12 heavy (non-hydrogen) atoms. The summed E-state index contributed by atoms with van der Waals surface area (Å²) in [7, 11) is 0.455. The van der Waals surface area contributed by atoms with E-state index in [2.05, 4.69) is 0 Å². The van der Waals surface area contributed by atoms with Gasteiger partial charge in [-0.25, -0.2) is 0 Å². The molecule has 0 spiro atoms. The average molecular weight is 163 g/mol. The SMILES string of the molecule is O=C1C=CC(=O)C(B(O)[B]O)=C1. The third-order valence-corrected chi connectivity index (χ3v) is 1.44. The lowest BCUT2D eigenvalue weighted by molar-refractivity contribution is -0.114. The first-order valence-corrected chi connectivity index (χ1v) is 3.28. The van der Waals surface area contributed by atoms with Crippen LogP contribution >= 0.6 is 0 Å². The molecule has 1 aliphatic carbocycles. The van der Waals surface area contributed by atoms with Gasteiger partial charge in [0.1, 0.15) is 0 Å². The van der Waals surface area contributed by atoms with Crippen molar-refractivity contribution >= 4 is 25.7 Å². The number of carbonyl (C=O) groups excluding carboxylic acids is 2. The molecule has 0 unspecified atom stereocenters. The van der Waals surface area contributed by atoms with Gasteiger partial charge in [-0.2, -0.15) is 0 Å². The Balaban J connectivity index is 2.88. The number of carbonyl (C=O) groups is 2. The number of hydrogen-bond donors (Lipinski definition) is 2. The highest BCUT2D eigenvalue weighted by Crippen LogP contribution is 2.06. The molecule has 1 rings (SSSR count). The molecular weight excluding hydrogens is 158 g/mol. The number of rotatable bonds is 2. The van der Waals surface area contributed by atoms with Gasteiger partial charge >= 0.3 is 6.81 Å². The second-order valence-corrected chi connectivity index (χ2v) is 2.29. The zero-order chi connectivity index (χ0) is 9.14. The molecule has 4 nitrogen and oxygen atoms in total. The predicted octanol–water partition coefficient (Wildman–Crippen LogP) is -1.75. The van der Waals surface area contributed by atoms with E-state index < -0.39 is 12.6 Å². The van der Waals surface area contributed by atoms with E-state index >= 15 is 0 Å². The molecule has 0 aromatic rings. The Kier molecular flexibility index (Phi) is 2.62. The Morgan fingerprint density at radius 2 is 2.00 bits per heavy atom. The third kappa shape index (κ3) is 1.72. The summed E-state index contributed by atoms with van der Waals surface area (Å²) in [4.78, 5) is 21.7. The van der Waals surface area contributed by atoms with Crippen molar-refractivity contribution in [1.29, 1.82) is 0 Å². The fraction of sp³-hybridized carbons (Fsp3) is 0. The fourth-order valence-electron chi connectivity index (χ4n) is 0.838. The van der Waals surface area contributed by atoms with Gasteiger partial charge in [-0.3, -0.25) is 9.59 Å². The molecule has 6 heteroatoms. The normalized spacial score (nSPS) is 16.0. The van der Waals surface area contributed by atoms with Crippen LogP contribution in [0, 0.1) is 0 Å². The van der Waals surface area contributed by atoms with Crippen molar-refractivity contribution in [2.45, 2.75) is 0 Å². The highest BCUT2D eigenvalue weighted by molar-refractivity contribution is 7.11. The van der Waals surface area contributed by atoms with Crippen LogP contribution in [0.2, 0.25) is 0 Å². The van der Waals surface area contributed by atoms with E-state index in [1.165, 1.54) is 0 Å². The monoisotopic (exact) mass is 163 g/mol. The minimum absolute atomic E-state index is 0.106. The molecule has 1 radical (unpaired) electrons. The maximum Gasteiger partial charge on any atom is 0.317 e. The molecule has 0 saturated heterocycles. The van der Waals surface area contributed by atoms with Gasteiger partial charge in [-0.15, -0.1) is 0 Å². The van der Waals surface area contributed by atoms with Crippen molar-refractivity contribution in [3.05, 3.63) is 23.7 Å². The highest BCUT2D eigenvalue weighted by atomic mass is 16.2. The highest BCUT2D eigenvalue weighted by Gasteiger charge is 2.24. The topological polar surface area (TPSA) is 74.6 Å². The van der Waals surface area contributed by atoms with Crippen LogP contribution in [0.4, 0.5) is 0 Å². The molecule has 0 aromatic carbocycles. The van der Waals surface area contributed by atoms with Gasteiger partial charge in [0.05, 0.1) is 0 Å². The van der Waals surface area contributed by atoms with Crippen LogP contribution in [-0.2, 0) is 9.59 Å². The predicted molar refractivity (Wildman–Crippen MR) is 43.2 cm³/mol. The smallest absolute Gasteiger partial charge is 0.317 e. The summed E-state index contributed by atoms with van der Waals surface area (Å²) < 4.78 is 0. The van der Waals surface area contributed by atoms with Crippen LogP contribution < -0.4 is 0 Å². The van der Waals surface area contributed by atoms with E-state index in [1.54, 1.807) is 0 Å². The molecule has 1 aliphatic rings. The lowest BCUT2D eigenvalue weighted by atomic mass is 9.37. The summed E-state index contributed by atoms with van der Waals surface area (Å²) in [6.45, 7) is -1.38. The van der Waals surface area contributed by atoms with Gasteiger partial charge in [-0.05, 0) is 23.7 Å². The second kappa shape index (κ2) is 3.51. The van der Waals surface area contributed by atoms with E-state index in [4.69, 9.17) is 10.0 Å². The first-order valence-electron chi connectivity index (χ1n) is 3.28. The Labute approximate surface area is 70.0 Å². The zero-order valence-electron chi connectivity index (χ0n) is 6.10. The Hall–Kier alpha value is -1.13. The number of ketones is 2. The minimum atomic E-state index is -1.38. The molecule has 0 aromatic heterocycles. The van der Waals surface area contributed by atoms with Crippen molar-refractivity contribution in [1.82, 2.24) is 0 Å². The molecule has 59 valence electrons. The Bertz CT molecular complexity index is 281. The van der Waals surface area contributed by atoms with E-state index in [-0.39, 0.29) is 11.3 Å². The van der Waals surface area contributed by atoms with Gasteiger partial charge in [0.25, 0.3) is 7.37 Å². The molecule has 0 amide bonds. The van der Waals surface area contributed by atoms with Crippen molar-refractivity contribution in [3.8, 4) is 0 Å². The minimum Gasteiger partial charge on any atom is -0.460 e. The number of hydrogen-bond acceptors (Lipinski definition) is 4. The maximum atomic E-state index is 10.9. The molecule has 0 atom stereocenters. The van der Waals surface area contributed by atoms with Gasteiger partial charge in [0, 0.05) is 0 Å². The summed E-state index contributed by atoms with van der Waals surface area (Å²) in [5.74, 6) is -0.835. The Morgan fingerprint density at radius 3 is 2.58 bits per heavy atom. The summed E-state index contributed by atoms with van der Waals surface area (Å²) in [6, 6.07) is 0. The van der Waals surface area contributed by atoms with E-state index in [0.29, 0.717) is 7.37 Å². The molecule has 0 bridgehead atoms. The van der Waals surface area contributed by atoms with Crippen LogP contribution in [0.25, 0.3) is 0 Å². The van der Waals surface area contributed by atoms with Gasteiger partial charge in [0.15, 0.2) is 11.6 Å². The molecule has 0 aliphatic heterocycles. The summed E-state index contributed by atoms with van der Waals surface area (Å²) in [5.41, 5.74) is -0.106. The molecular formula is C6H5B2O4. The third-order valence-electron chi connectivity index (χ3n) is 1.44.